The van der Waals surface area contributed by atoms with Gasteiger partial charge in [-0.1, -0.05) is 70.7 Å². The molecule has 296 valence electrons. The summed E-state index contributed by atoms with van der Waals surface area (Å²) in [5.41, 5.74) is 3.53. The highest BCUT2D eigenvalue weighted by Crippen LogP contribution is 2.27. The fourth-order valence-corrected chi connectivity index (χ4v) is 6.04. The SMILES string of the molecule is O=NCc1cc(C(CNCCCCCCOCCCc2ccc(OCCCCCCNCC(N=O)c3ccc(N=O)c(CN=O)c3)cc2)N=O)ccc1N=O. The third kappa shape index (κ3) is 16.9. The largest absolute Gasteiger partial charge is 0.494 e. The van der Waals surface area contributed by atoms with E-state index in [1.165, 1.54) is 17.7 Å². The molecule has 0 aliphatic rings. The number of benzene rings is 3. The van der Waals surface area contributed by atoms with Crippen LogP contribution < -0.4 is 15.4 Å². The summed E-state index contributed by atoms with van der Waals surface area (Å²) in [5, 5.41) is 24.3. The van der Waals surface area contributed by atoms with Gasteiger partial charge in [0, 0.05) is 37.4 Å². The van der Waals surface area contributed by atoms with E-state index in [-0.39, 0.29) is 24.5 Å². The van der Waals surface area contributed by atoms with Crippen molar-refractivity contribution in [2.45, 2.75) is 89.4 Å². The average molecular weight is 761 g/mol. The Balaban J connectivity index is 1.13. The maximum atomic E-state index is 11.4. The fraction of sp³-hybridized carbons (Fsp3) is 0.538. The molecule has 0 fully saturated rings. The number of aryl methyl sites for hydroxylation is 1. The topological polar surface area (TPSA) is 219 Å². The van der Waals surface area contributed by atoms with Gasteiger partial charge in [-0.2, -0.15) is 19.6 Å². The lowest BCUT2D eigenvalue weighted by molar-refractivity contribution is 0.127. The number of nitrogens with one attached hydrogen (secondary N) is 2. The molecule has 2 unspecified atom stereocenters. The lowest BCUT2D eigenvalue weighted by atomic mass is 10.0. The van der Waals surface area contributed by atoms with E-state index in [2.05, 4.69) is 53.8 Å². The minimum atomic E-state index is -0.634. The van der Waals surface area contributed by atoms with Gasteiger partial charge in [0.2, 0.25) is 0 Å². The van der Waals surface area contributed by atoms with Crippen molar-refractivity contribution in [2.24, 2.45) is 31.1 Å². The smallest absolute Gasteiger partial charge is 0.129 e. The molecule has 2 atom stereocenters. The Kier molecular flexibility index (Phi) is 22.2. The van der Waals surface area contributed by atoms with Gasteiger partial charge in [-0.3, -0.25) is 0 Å². The van der Waals surface area contributed by atoms with Crippen molar-refractivity contribution < 1.29 is 9.47 Å². The van der Waals surface area contributed by atoms with E-state index >= 15 is 0 Å². The second-order valence-corrected chi connectivity index (χ2v) is 13.2. The van der Waals surface area contributed by atoms with Gasteiger partial charge in [-0.15, -0.1) is 9.81 Å². The predicted octanol–water partition coefficient (Wildman–Crippen LogP) is 9.66. The van der Waals surface area contributed by atoms with Crippen LogP contribution in [0.5, 0.6) is 5.75 Å². The molecule has 0 heterocycles. The molecule has 0 aromatic heterocycles. The van der Waals surface area contributed by atoms with E-state index in [4.69, 9.17) is 9.47 Å². The summed E-state index contributed by atoms with van der Waals surface area (Å²) in [4.78, 5) is 65.9. The monoisotopic (exact) mass is 760 g/mol. The Morgan fingerprint density at radius 2 is 1.02 bits per heavy atom. The number of hydrogen-bond donors (Lipinski definition) is 2. The number of unbranched alkanes of at least 4 members (excludes halogenated alkanes) is 6. The molecule has 0 saturated heterocycles. The van der Waals surface area contributed by atoms with Gasteiger partial charge in [0.15, 0.2) is 0 Å². The standard InChI is InChI=1S/C39H52N8O8/c48-42-26-33-24-31(13-17-36(33)44-50)38(46-52)28-40-19-5-1-3-7-21-54-22-9-10-30-11-15-35(16-12-30)55-23-8-4-2-6-20-41-29-39(47-53)32-14-18-37(45-51)34(25-32)27-43-49/h11-18,24-25,38-41H,1-10,19-23,26-29H2. The molecule has 0 aliphatic heterocycles. The molecule has 0 radical (unpaired) electrons. The molecule has 16 nitrogen and oxygen atoms in total. The summed E-state index contributed by atoms with van der Waals surface area (Å²) in [6.45, 7) is 3.95. The quantitative estimate of drug-likeness (QED) is 0.0442. The number of nitroso groups, excluding NO2 is 6. The molecule has 0 aliphatic carbocycles. The molecular formula is C39H52N8O8. The van der Waals surface area contributed by atoms with E-state index in [0.29, 0.717) is 48.6 Å². The minimum Gasteiger partial charge on any atom is -0.494 e. The van der Waals surface area contributed by atoms with Crippen LogP contribution in [0.4, 0.5) is 11.4 Å². The first-order valence-corrected chi connectivity index (χ1v) is 18.9. The molecule has 0 saturated carbocycles. The first kappa shape index (κ1) is 44.3. The Hall–Kier alpha value is -5.06. The van der Waals surface area contributed by atoms with E-state index in [1.54, 1.807) is 24.3 Å². The Bertz CT molecular complexity index is 1610. The van der Waals surface area contributed by atoms with Crippen LogP contribution in [0.25, 0.3) is 0 Å². The maximum Gasteiger partial charge on any atom is 0.129 e. The van der Waals surface area contributed by atoms with Gasteiger partial charge in [-0.05, 0) is 115 Å². The number of rotatable bonds is 33. The second kappa shape index (κ2) is 27.5. The van der Waals surface area contributed by atoms with Crippen molar-refractivity contribution in [3.05, 3.63) is 118 Å². The van der Waals surface area contributed by atoms with Crippen molar-refractivity contribution in [1.29, 1.82) is 0 Å². The lowest BCUT2D eigenvalue weighted by Gasteiger charge is -2.12. The van der Waals surface area contributed by atoms with Crippen LogP contribution in [0, 0.1) is 29.4 Å². The number of hydrogen-bond acceptors (Lipinski definition) is 16. The summed E-state index contributed by atoms with van der Waals surface area (Å²) >= 11 is 0. The second-order valence-electron chi connectivity index (χ2n) is 13.2. The average Bonchev–Trinajstić information content (AvgIpc) is 3.21. The Morgan fingerprint density at radius 3 is 1.51 bits per heavy atom. The summed E-state index contributed by atoms with van der Waals surface area (Å²) in [6, 6.07) is 16.3. The van der Waals surface area contributed by atoms with Crippen molar-refractivity contribution in [2.75, 3.05) is 46.0 Å². The minimum absolute atomic E-state index is 0.138. The first-order chi connectivity index (χ1) is 27.1. The summed E-state index contributed by atoms with van der Waals surface area (Å²) < 4.78 is 11.7. The molecule has 55 heavy (non-hydrogen) atoms. The molecule has 3 rings (SSSR count). The van der Waals surface area contributed by atoms with Crippen LogP contribution in [-0.4, -0.2) is 46.0 Å². The molecule has 0 amide bonds. The van der Waals surface area contributed by atoms with Gasteiger partial charge in [0.25, 0.3) is 0 Å². The number of nitrogens with zero attached hydrogens (tertiary/aromatic N) is 6. The van der Waals surface area contributed by atoms with Gasteiger partial charge in [0.1, 0.15) is 42.3 Å². The Labute approximate surface area is 321 Å². The molecule has 0 bridgehead atoms. The Morgan fingerprint density at radius 1 is 0.527 bits per heavy atom. The highest BCUT2D eigenvalue weighted by molar-refractivity contribution is 5.49. The third-order valence-corrected chi connectivity index (χ3v) is 9.16. The molecule has 3 aromatic rings. The van der Waals surface area contributed by atoms with Crippen LogP contribution in [0.2, 0.25) is 0 Å². The van der Waals surface area contributed by atoms with E-state index in [1.807, 2.05) is 12.1 Å². The summed E-state index contributed by atoms with van der Waals surface area (Å²) in [6.07, 6.45) is 9.91. The zero-order chi connectivity index (χ0) is 39.4. The van der Waals surface area contributed by atoms with Crippen LogP contribution in [0.1, 0.15) is 97.7 Å². The van der Waals surface area contributed by atoms with Gasteiger partial charge < -0.3 is 20.1 Å². The van der Waals surface area contributed by atoms with Crippen LogP contribution in [0.15, 0.2) is 91.7 Å². The summed E-state index contributed by atoms with van der Waals surface area (Å²) in [5.74, 6) is 0.860. The van der Waals surface area contributed by atoms with E-state index in [9.17, 15) is 29.4 Å². The molecule has 0 spiro atoms. The number of ether oxygens (including phenoxy) is 2. The van der Waals surface area contributed by atoms with Crippen LogP contribution in [0.3, 0.4) is 0 Å². The van der Waals surface area contributed by atoms with Gasteiger partial charge >= 0.3 is 0 Å². The van der Waals surface area contributed by atoms with Crippen molar-refractivity contribution in [1.82, 2.24) is 10.6 Å². The first-order valence-electron chi connectivity index (χ1n) is 18.9. The van der Waals surface area contributed by atoms with Crippen LogP contribution in [-0.2, 0) is 24.2 Å². The fourth-order valence-electron chi connectivity index (χ4n) is 6.04. The highest BCUT2D eigenvalue weighted by atomic mass is 16.5. The van der Waals surface area contributed by atoms with E-state index < -0.39 is 12.1 Å². The maximum absolute atomic E-state index is 11.4. The molecule has 3 aromatic carbocycles. The highest BCUT2D eigenvalue weighted by Gasteiger charge is 2.16. The van der Waals surface area contributed by atoms with Crippen molar-refractivity contribution in [3.63, 3.8) is 0 Å². The van der Waals surface area contributed by atoms with Crippen molar-refractivity contribution >= 4 is 11.4 Å². The van der Waals surface area contributed by atoms with E-state index in [0.717, 1.165) is 89.7 Å². The molecule has 16 heteroatoms. The lowest BCUT2D eigenvalue weighted by Crippen LogP contribution is -2.21. The molecule has 2 N–H and O–H groups in total. The zero-order valence-corrected chi connectivity index (χ0v) is 31.3. The zero-order valence-electron chi connectivity index (χ0n) is 31.3. The summed E-state index contributed by atoms with van der Waals surface area (Å²) in [7, 11) is 0. The third-order valence-electron chi connectivity index (χ3n) is 9.16. The normalized spacial score (nSPS) is 12.1. The van der Waals surface area contributed by atoms with Gasteiger partial charge in [-0.25, -0.2) is 0 Å². The molecular weight excluding hydrogens is 708 g/mol. The predicted molar refractivity (Wildman–Crippen MR) is 214 cm³/mol. The van der Waals surface area contributed by atoms with Crippen molar-refractivity contribution in [3.8, 4) is 5.75 Å². The van der Waals surface area contributed by atoms with Gasteiger partial charge in [0.05, 0.1) is 6.61 Å². The van der Waals surface area contributed by atoms with Crippen LogP contribution >= 0.6 is 0 Å².